The van der Waals surface area contributed by atoms with Crippen LogP contribution in [-0.2, 0) is 14.2 Å². The molecule has 0 atom stereocenters. The van der Waals surface area contributed by atoms with Gasteiger partial charge in [0.2, 0.25) is 3.79 Å². The van der Waals surface area contributed by atoms with Gasteiger partial charge < -0.3 is 14.2 Å². The highest BCUT2D eigenvalue weighted by Gasteiger charge is 2.19. The first-order chi connectivity index (χ1) is 6.45. The molecule has 0 amide bonds. The first kappa shape index (κ1) is 14.1. The Kier molecular flexibility index (Phi) is 7.45. The van der Waals surface area contributed by atoms with Crippen molar-refractivity contribution in [2.24, 2.45) is 0 Å². The van der Waals surface area contributed by atoms with E-state index < -0.39 is 9.95 Å². The molecule has 0 fully saturated rings. The fourth-order valence-electron chi connectivity index (χ4n) is 0.497. The van der Waals surface area contributed by atoms with Crippen molar-refractivity contribution in [3.63, 3.8) is 0 Å². The van der Waals surface area contributed by atoms with Crippen LogP contribution in [0.2, 0.25) is 0 Å². The summed E-state index contributed by atoms with van der Waals surface area (Å²) in [6.45, 7) is 3.43. The van der Waals surface area contributed by atoms with E-state index in [0.29, 0.717) is 0 Å². The third kappa shape index (κ3) is 10.2. The van der Waals surface area contributed by atoms with E-state index in [2.05, 4.69) is 16.4 Å². The Bertz CT molecular complexity index is 169. The summed E-state index contributed by atoms with van der Waals surface area (Å²) in [6.07, 6.45) is -0.794. The maximum absolute atomic E-state index is 10.6. The van der Waals surface area contributed by atoms with Gasteiger partial charge in [0.25, 0.3) is 0 Å². The van der Waals surface area contributed by atoms with Gasteiger partial charge in [0.05, 0.1) is 19.8 Å². The highest BCUT2D eigenvalue weighted by Crippen LogP contribution is 2.25. The fraction of sp³-hybridized carbons (Fsp3) is 0.714. The van der Waals surface area contributed by atoms with Crippen molar-refractivity contribution in [2.75, 3.05) is 26.4 Å². The molecule has 0 unspecified atom stereocenters. The van der Waals surface area contributed by atoms with Crippen molar-refractivity contribution in [1.82, 2.24) is 0 Å². The van der Waals surface area contributed by atoms with Crippen molar-refractivity contribution in [1.29, 1.82) is 0 Å². The smallest absolute Gasteiger partial charge is 0.434 e. The number of carbonyl (C=O) groups is 1. The number of hydrogen-bond acceptors (Lipinski definition) is 4. The van der Waals surface area contributed by atoms with Gasteiger partial charge in [0.15, 0.2) is 0 Å². The third-order valence-corrected chi connectivity index (χ3v) is 1.26. The second kappa shape index (κ2) is 7.40. The number of rotatable bonds is 5. The van der Waals surface area contributed by atoms with Crippen LogP contribution in [0.1, 0.15) is 0 Å². The Morgan fingerprint density at radius 3 is 2.36 bits per heavy atom. The highest BCUT2D eigenvalue weighted by atomic mass is 35.6. The molecule has 83 valence electrons. The van der Waals surface area contributed by atoms with Crippen LogP contribution < -0.4 is 0 Å². The minimum atomic E-state index is -1.45. The molecule has 0 aromatic carbocycles. The van der Waals surface area contributed by atoms with E-state index in [1.807, 2.05) is 0 Å². The Labute approximate surface area is 97.3 Å². The molecule has 0 N–H and O–H groups in total. The molecule has 0 saturated carbocycles. The van der Waals surface area contributed by atoms with Crippen LogP contribution in [0, 0.1) is 6.92 Å². The molecule has 0 saturated heterocycles. The summed E-state index contributed by atoms with van der Waals surface area (Å²) in [6, 6.07) is 0. The van der Waals surface area contributed by atoms with Crippen molar-refractivity contribution in [2.45, 2.75) is 3.79 Å². The van der Waals surface area contributed by atoms with Gasteiger partial charge in [-0.2, -0.15) is 0 Å². The molecule has 0 aromatic rings. The Balaban J connectivity index is 3.26. The van der Waals surface area contributed by atoms with Gasteiger partial charge in [-0.15, -0.1) is 0 Å². The van der Waals surface area contributed by atoms with E-state index in [1.165, 1.54) is 0 Å². The summed E-state index contributed by atoms with van der Waals surface area (Å²) in [5.74, 6) is 0. The third-order valence-electron chi connectivity index (χ3n) is 0.933. The molecule has 4 nitrogen and oxygen atoms in total. The monoisotopic (exact) mass is 263 g/mol. The van der Waals surface area contributed by atoms with Crippen LogP contribution >= 0.6 is 34.8 Å². The molecular formula is C7H10Cl3O4. The average molecular weight is 265 g/mol. The molecule has 0 bridgehead atoms. The predicted molar refractivity (Wildman–Crippen MR) is 53.8 cm³/mol. The molecule has 0 rings (SSSR count). The summed E-state index contributed by atoms with van der Waals surface area (Å²) in [4.78, 5) is 10.6. The zero-order valence-corrected chi connectivity index (χ0v) is 9.57. The van der Waals surface area contributed by atoms with Crippen LogP contribution in [-0.4, -0.2) is 36.4 Å². The summed E-state index contributed by atoms with van der Waals surface area (Å²) in [5, 5.41) is 0. The van der Waals surface area contributed by atoms with E-state index in [1.54, 1.807) is 0 Å². The predicted octanol–water partition coefficient (Wildman–Crippen LogP) is 2.36. The molecule has 0 spiro atoms. The van der Waals surface area contributed by atoms with Crippen molar-refractivity contribution in [3.05, 3.63) is 6.92 Å². The lowest BCUT2D eigenvalue weighted by Crippen LogP contribution is -2.17. The zero-order chi connectivity index (χ0) is 11.0. The summed E-state index contributed by atoms with van der Waals surface area (Å²) < 4.78 is 12.4. The first-order valence-corrected chi connectivity index (χ1v) is 4.82. The minimum Gasteiger partial charge on any atom is -0.434 e. The van der Waals surface area contributed by atoms with Crippen LogP contribution in [0.3, 0.4) is 0 Å². The molecule has 0 heterocycles. The van der Waals surface area contributed by atoms with Crippen molar-refractivity contribution in [3.8, 4) is 0 Å². The Morgan fingerprint density at radius 1 is 1.21 bits per heavy atom. The lowest BCUT2D eigenvalue weighted by Gasteiger charge is -2.10. The summed E-state index contributed by atoms with van der Waals surface area (Å²) >= 11 is 16.2. The molecule has 14 heavy (non-hydrogen) atoms. The summed E-state index contributed by atoms with van der Waals surface area (Å²) in [7, 11) is 0. The molecule has 0 aromatic heterocycles. The second-order valence-electron chi connectivity index (χ2n) is 2.11. The van der Waals surface area contributed by atoms with E-state index in [9.17, 15) is 4.79 Å². The van der Waals surface area contributed by atoms with E-state index in [0.717, 1.165) is 0 Å². The Hall–Kier alpha value is 0.1000. The van der Waals surface area contributed by atoms with Crippen molar-refractivity contribution < 1.29 is 19.0 Å². The van der Waals surface area contributed by atoms with Gasteiger partial charge in [-0.25, -0.2) is 4.79 Å². The zero-order valence-electron chi connectivity index (χ0n) is 7.30. The average Bonchev–Trinajstić information content (AvgIpc) is 2.02. The van der Waals surface area contributed by atoms with Gasteiger partial charge in [-0.05, 0) is 6.92 Å². The lowest BCUT2D eigenvalue weighted by molar-refractivity contribution is 0.0327. The van der Waals surface area contributed by atoms with Crippen LogP contribution in [0.4, 0.5) is 4.79 Å². The molecule has 7 heteroatoms. The van der Waals surface area contributed by atoms with Gasteiger partial charge in [-0.3, -0.25) is 0 Å². The topological polar surface area (TPSA) is 44.8 Å². The molecule has 0 aliphatic carbocycles. The number of hydrogen-bond donors (Lipinski definition) is 0. The maximum Gasteiger partial charge on any atom is 0.508 e. The molecular weight excluding hydrogens is 254 g/mol. The van der Waals surface area contributed by atoms with E-state index in [4.69, 9.17) is 39.5 Å². The Morgan fingerprint density at radius 2 is 1.86 bits per heavy atom. The van der Waals surface area contributed by atoms with E-state index >= 15 is 0 Å². The number of alkyl halides is 3. The van der Waals surface area contributed by atoms with Crippen LogP contribution in [0.5, 0.6) is 0 Å². The second-order valence-corrected chi connectivity index (χ2v) is 4.63. The fourth-order valence-corrected chi connectivity index (χ4v) is 0.728. The van der Waals surface area contributed by atoms with Gasteiger partial charge in [0, 0.05) is 0 Å². The van der Waals surface area contributed by atoms with E-state index in [-0.39, 0.29) is 26.4 Å². The number of carbonyl (C=O) groups excluding carboxylic acids is 1. The van der Waals surface area contributed by atoms with Gasteiger partial charge in [0.1, 0.15) is 6.61 Å². The van der Waals surface area contributed by atoms with Crippen molar-refractivity contribution >= 4 is 41.0 Å². The SMILES string of the molecule is [CH2]COC(=O)OCCOCC(Cl)(Cl)Cl. The highest BCUT2D eigenvalue weighted by molar-refractivity contribution is 6.67. The number of halogens is 3. The van der Waals surface area contributed by atoms with Gasteiger partial charge in [-0.1, -0.05) is 34.8 Å². The normalized spacial score (nSPS) is 11.1. The number of ether oxygens (including phenoxy) is 3. The standard InChI is InChI=1S/C7H10Cl3O4/c1-2-13-6(11)14-4-3-12-5-7(8,9)10/h1-5H2. The largest absolute Gasteiger partial charge is 0.508 e. The quantitative estimate of drug-likeness (QED) is 0.434. The summed E-state index contributed by atoms with van der Waals surface area (Å²) in [5.41, 5.74) is 0. The van der Waals surface area contributed by atoms with Crippen LogP contribution in [0.25, 0.3) is 0 Å². The first-order valence-electron chi connectivity index (χ1n) is 3.69. The minimum absolute atomic E-state index is 0.0217. The van der Waals surface area contributed by atoms with Crippen LogP contribution in [0.15, 0.2) is 0 Å². The lowest BCUT2D eigenvalue weighted by atomic mass is 10.7. The maximum atomic E-state index is 10.6. The van der Waals surface area contributed by atoms with Gasteiger partial charge >= 0.3 is 6.16 Å². The molecule has 0 aliphatic heterocycles. The molecule has 1 radical (unpaired) electrons. The molecule has 0 aliphatic rings.